The van der Waals surface area contributed by atoms with Gasteiger partial charge in [0.15, 0.2) is 0 Å². The third kappa shape index (κ3) is 4.12. The number of hydrogen-bond acceptors (Lipinski definition) is 6. The summed E-state index contributed by atoms with van der Waals surface area (Å²) in [6.07, 6.45) is 0. The Morgan fingerprint density at radius 1 is 0.828 bits per heavy atom. The van der Waals surface area contributed by atoms with Crippen LogP contribution in [0.1, 0.15) is 0 Å². The maximum Gasteiger partial charge on any atom is 1.00 e. The Balaban J connectivity index is 0.00000240. The van der Waals surface area contributed by atoms with Crippen LogP contribution in [0.5, 0.6) is 11.5 Å². The summed E-state index contributed by atoms with van der Waals surface area (Å²) < 4.78 is 32.6. The molecule has 4 aromatic carbocycles. The number of azo groups is 1. The van der Waals surface area contributed by atoms with E-state index in [9.17, 15) is 23.2 Å². The van der Waals surface area contributed by atoms with Gasteiger partial charge in [0.1, 0.15) is 16.3 Å². The molecule has 140 valence electrons. The molecule has 0 spiro atoms. The molecule has 4 rings (SSSR count). The number of rotatable bonds is 3. The Hall–Kier alpha value is -2.49. The van der Waals surface area contributed by atoms with Crippen molar-refractivity contribution >= 4 is 43.0 Å². The van der Waals surface area contributed by atoms with Crippen LogP contribution < -0.4 is 34.7 Å². The van der Waals surface area contributed by atoms with Crippen molar-refractivity contribution in [2.24, 2.45) is 10.2 Å². The van der Waals surface area contributed by atoms with Gasteiger partial charge in [0.05, 0.1) is 5.69 Å². The Morgan fingerprint density at radius 2 is 1.52 bits per heavy atom. The van der Waals surface area contributed by atoms with Gasteiger partial charge in [0.25, 0.3) is 10.1 Å². The molecule has 0 aliphatic rings. The molecule has 0 amide bonds. The third-order valence-corrected chi connectivity index (χ3v) is 5.25. The minimum absolute atomic E-state index is 0. The number of nitrogens with zero attached hydrogens (tertiary/aromatic N) is 2. The van der Waals surface area contributed by atoms with Crippen molar-refractivity contribution in [2.75, 3.05) is 0 Å². The molecule has 0 aliphatic carbocycles. The second kappa shape index (κ2) is 8.10. The molecule has 0 aliphatic heterocycles. The fourth-order valence-corrected chi connectivity index (χ4v) is 3.74. The first-order valence-electron chi connectivity index (χ1n) is 8.18. The van der Waals surface area contributed by atoms with Crippen molar-refractivity contribution in [3.05, 3.63) is 66.7 Å². The summed E-state index contributed by atoms with van der Waals surface area (Å²) in [5, 5.41) is 32.1. The van der Waals surface area contributed by atoms with Crippen molar-refractivity contribution < 1.29 is 52.7 Å². The third-order valence-electron chi connectivity index (χ3n) is 4.34. The Kier molecular flexibility index (Phi) is 5.92. The number of aromatic hydroxyl groups is 1. The van der Waals surface area contributed by atoms with Crippen molar-refractivity contribution in [2.45, 2.75) is 4.90 Å². The molecule has 7 nitrogen and oxygen atoms in total. The summed E-state index contributed by atoms with van der Waals surface area (Å²) in [4.78, 5) is -0.231. The van der Waals surface area contributed by atoms with E-state index in [4.69, 9.17) is 0 Å². The van der Waals surface area contributed by atoms with Gasteiger partial charge in [0, 0.05) is 16.2 Å². The molecular formula is C20H13N2NaO5S. The summed E-state index contributed by atoms with van der Waals surface area (Å²) in [5.74, 6) is -0.363. The fraction of sp³-hybridized carbons (Fsp3) is 0. The molecule has 0 saturated heterocycles. The van der Waals surface area contributed by atoms with Crippen LogP contribution in [0.25, 0.3) is 21.5 Å². The zero-order chi connectivity index (χ0) is 19.9. The van der Waals surface area contributed by atoms with Crippen LogP contribution in [0, 0.1) is 0 Å². The van der Waals surface area contributed by atoms with Crippen LogP contribution in [0.15, 0.2) is 81.9 Å². The van der Waals surface area contributed by atoms with Gasteiger partial charge in [-0.2, -0.15) is 8.42 Å². The largest absolute Gasteiger partial charge is 1.00 e. The van der Waals surface area contributed by atoms with Crippen molar-refractivity contribution in [3.63, 3.8) is 0 Å². The van der Waals surface area contributed by atoms with Gasteiger partial charge in [-0.05, 0) is 23.6 Å². The van der Waals surface area contributed by atoms with Crippen LogP contribution in [-0.4, -0.2) is 18.1 Å². The Labute approximate surface area is 188 Å². The van der Waals surface area contributed by atoms with E-state index in [1.165, 1.54) is 30.3 Å². The summed E-state index contributed by atoms with van der Waals surface area (Å²) in [5.41, 5.74) is 0.482. The second-order valence-corrected chi connectivity index (χ2v) is 7.51. The van der Waals surface area contributed by atoms with E-state index in [1.807, 2.05) is 0 Å². The van der Waals surface area contributed by atoms with Gasteiger partial charge in [-0.1, -0.05) is 48.5 Å². The van der Waals surface area contributed by atoms with E-state index >= 15 is 0 Å². The smallest absolute Gasteiger partial charge is 0.872 e. The molecule has 0 fully saturated rings. The minimum Gasteiger partial charge on any atom is -0.872 e. The topological polar surface area (TPSA) is 122 Å². The summed E-state index contributed by atoms with van der Waals surface area (Å²) in [6.45, 7) is 0. The molecule has 4 aromatic rings. The predicted molar refractivity (Wildman–Crippen MR) is 103 cm³/mol. The molecule has 2 N–H and O–H groups in total. The average Bonchev–Trinajstić information content (AvgIpc) is 2.66. The zero-order valence-electron chi connectivity index (χ0n) is 15.3. The van der Waals surface area contributed by atoms with Gasteiger partial charge in [-0.15, -0.1) is 16.0 Å². The normalized spacial score (nSPS) is 11.8. The van der Waals surface area contributed by atoms with E-state index in [-0.39, 0.29) is 51.6 Å². The van der Waals surface area contributed by atoms with E-state index in [0.717, 1.165) is 5.39 Å². The molecule has 0 atom stereocenters. The number of phenols is 1. The number of benzene rings is 4. The van der Waals surface area contributed by atoms with Gasteiger partial charge in [-0.25, -0.2) is 0 Å². The SMILES string of the molecule is O=S(=O)(O)c1ccc(N=Nc2c(O)ccc3ccc([O-])cc23)c2ccccc12.[Na+]. The maximum absolute atomic E-state index is 11.7. The Bertz CT molecular complexity index is 1370. The Morgan fingerprint density at radius 3 is 2.24 bits per heavy atom. The van der Waals surface area contributed by atoms with Crippen LogP contribution >= 0.6 is 0 Å². The van der Waals surface area contributed by atoms with Crippen LogP contribution in [-0.2, 0) is 10.1 Å². The van der Waals surface area contributed by atoms with Crippen molar-refractivity contribution in [3.8, 4) is 11.5 Å². The summed E-state index contributed by atoms with van der Waals surface area (Å²) in [7, 11) is -4.40. The molecule has 0 saturated carbocycles. The molecule has 0 heterocycles. The van der Waals surface area contributed by atoms with Crippen LogP contribution in [0.3, 0.4) is 0 Å². The summed E-state index contributed by atoms with van der Waals surface area (Å²) in [6, 6.07) is 16.7. The first kappa shape index (κ1) is 21.2. The van der Waals surface area contributed by atoms with Gasteiger partial charge >= 0.3 is 29.6 Å². The van der Waals surface area contributed by atoms with Gasteiger partial charge in [0.2, 0.25) is 0 Å². The van der Waals surface area contributed by atoms with E-state index in [2.05, 4.69) is 10.2 Å². The summed E-state index contributed by atoms with van der Waals surface area (Å²) >= 11 is 0. The molecule has 0 bridgehead atoms. The second-order valence-electron chi connectivity index (χ2n) is 6.12. The minimum atomic E-state index is -4.40. The van der Waals surface area contributed by atoms with Crippen molar-refractivity contribution in [1.29, 1.82) is 0 Å². The quantitative estimate of drug-likeness (QED) is 0.297. The first-order valence-corrected chi connectivity index (χ1v) is 9.62. The molecule has 9 heteroatoms. The predicted octanol–water partition coefficient (Wildman–Crippen LogP) is 1.44. The molecule has 29 heavy (non-hydrogen) atoms. The number of fused-ring (bicyclic) bond motifs is 2. The van der Waals surface area contributed by atoms with Crippen LogP contribution in [0.2, 0.25) is 0 Å². The first-order chi connectivity index (χ1) is 13.3. The number of hydrogen-bond donors (Lipinski definition) is 2. The maximum atomic E-state index is 11.7. The standard InChI is InChI=1S/C20H14N2O5S.Na/c23-13-7-5-12-6-9-18(24)20(16(12)11-13)22-21-17-8-10-19(28(25,26)27)15-4-2-1-3-14(15)17;/h1-11,23-24H,(H,25,26,27);/q;+1/p-1. The van der Waals surface area contributed by atoms with E-state index in [1.54, 1.807) is 36.4 Å². The van der Waals surface area contributed by atoms with Gasteiger partial charge in [-0.3, -0.25) is 4.55 Å². The molecular weight excluding hydrogens is 403 g/mol. The molecule has 0 radical (unpaired) electrons. The number of phenolic OH excluding ortho intramolecular Hbond substituents is 1. The van der Waals surface area contributed by atoms with Crippen LogP contribution in [0.4, 0.5) is 11.4 Å². The molecule has 0 unspecified atom stereocenters. The monoisotopic (exact) mass is 416 g/mol. The van der Waals surface area contributed by atoms with Gasteiger partial charge < -0.3 is 10.2 Å². The van der Waals surface area contributed by atoms with E-state index < -0.39 is 10.1 Å². The fourth-order valence-electron chi connectivity index (χ4n) is 3.05. The van der Waals surface area contributed by atoms with E-state index in [0.29, 0.717) is 21.8 Å². The van der Waals surface area contributed by atoms with Crippen molar-refractivity contribution in [1.82, 2.24) is 0 Å². The zero-order valence-corrected chi connectivity index (χ0v) is 18.1. The average molecular weight is 416 g/mol. The molecule has 0 aromatic heterocycles.